The fourth-order valence-electron chi connectivity index (χ4n) is 1.07. The summed E-state index contributed by atoms with van der Waals surface area (Å²) in [5, 5.41) is 10.1. The van der Waals surface area contributed by atoms with E-state index in [-0.39, 0.29) is 13.9 Å². The third-order valence-electron chi connectivity index (χ3n) is 1.54. The van der Waals surface area contributed by atoms with Crippen molar-refractivity contribution >= 4 is 12.8 Å². The standard InChI is InChI=1S/C6H11NO.C2H5N.C2H6.CH2O2.CH4/c8-5-3-6-2-1-4-7-6;1-2-3;1-2;2-1-3;/h5-7H,1-4H2;2H,1,3H2;1-2H3;1H,(H,2,3);1H4. The van der Waals surface area contributed by atoms with E-state index >= 15 is 0 Å². The summed E-state index contributed by atoms with van der Waals surface area (Å²) < 4.78 is 0. The molecule has 17 heavy (non-hydrogen) atoms. The normalized spacial score (nSPS) is 15.1. The van der Waals surface area contributed by atoms with Gasteiger partial charge in [-0.25, -0.2) is 0 Å². The second-order valence-corrected chi connectivity index (χ2v) is 2.54. The fraction of sp³-hybridized carbons (Fsp3) is 0.667. The molecule has 0 amide bonds. The highest BCUT2D eigenvalue weighted by Gasteiger charge is 2.11. The maximum absolute atomic E-state index is 9.92. The minimum atomic E-state index is -0.250. The van der Waals surface area contributed by atoms with Crippen molar-refractivity contribution < 1.29 is 14.7 Å². The average Bonchev–Trinajstić information content (AvgIpc) is 2.77. The highest BCUT2D eigenvalue weighted by atomic mass is 16.3. The second-order valence-electron chi connectivity index (χ2n) is 2.54. The van der Waals surface area contributed by atoms with Crippen LogP contribution in [0.2, 0.25) is 0 Å². The molecular weight excluding hydrogens is 220 g/mol. The number of rotatable bonds is 2. The van der Waals surface area contributed by atoms with Gasteiger partial charge in [0.25, 0.3) is 6.47 Å². The molecule has 0 aromatic carbocycles. The van der Waals surface area contributed by atoms with Gasteiger partial charge in [-0.3, -0.25) is 4.79 Å². The quantitative estimate of drug-likeness (QED) is 0.648. The maximum Gasteiger partial charge on any atom is 0.290 e. The van der Waals surface area contributed by atoms with Gasteiger partial charge in [-0.15, -0.1) is 0 Å². The van der Waals surface area contributed by atoms with Crippen molar-refractivity contribution in [2.45, 2.75) is 46.6 Å². The molecule has 4 N–H and O–H groups in total. The van der Waals surface area contributed by atoms with Gasteiger partial charge in [0, 0.05) is 12.5 Å². The van der Waals surface area contributed by atoms with Crippen LogP contribution in [0.3, 0.4) is 0 Å². The van der Waals surface area contributed by atoms with Crippen molar-refractivity contribution in [1.29, 1.82) is 0 Å². The molecule has 5 nitrogen and oxygen atoms in total. The third kappa shape index (κ3) is 31.3. The Bertz CT molecular complexity index is 141. The number of hydrogen-bond donors (Lipinski definition) is 3. The fourth-order valence-corrected chi connectivity index (χ4v) is 1.07. The molecule has 1 rings (SSSR count). The van der Waals surface area contributed by atoms with Gasteiger partial charge in [-0.2, -0.15) is 0 Å². The zero-order valence-corrected chi connectivity index (χ0v) is 10.2. The highest BCUT2D eigenvalue weighted by Crippen LogP contribution is 2.05. The lowest BCUT2D eigenvalue weighted by Gasteiger charge is -2.01. The van der Waals surface area contributed by atoms with Crippen molar-refractivity contribution in [3.05, 3.63) is 12.8 Å². The molecule has 0 radical (unpaired) electrons. The highest BCUT2D eigenvalue weighted by molar-refractivity contribution is 5.50. The van der Waals surface area contributed by atoms with E-state index in [0.717, 1.165) is 12.8 Å². The Balaban J connectivity index is -0.0000000807. The molecule has 1 heterocycles. The van der Waals surface area contributed by atoms with Gasteiger partial charge in [-0.1, -0.05) is 27.9 Å². The van der Waals surface area contributed by atoms with E-state index in [1.165, 1.54) is 19.0 Å². The number of hydrogen-bond acceptors (Lipinski definition) is 4. The van der Waals surface area contributed by atoms with Gasteiger partial charge in [0.2, 0.25) is 0 Å². The van der Waals surface area contributed by atoms with Crippen molar-refractivity contribution in [3.8, 4) is 0 Å². The monoisotopic (exact) mass is 248 g/mol. The Kier molecular flexibility index (Phi) is 42.7. The lowest BCUT2D eigenvalue weighted by Crippen LogP contribution is -2.21. The molecule has 1 saturated heterocycles. The van der Waals surface area contributed by atoms with Crippen molar-refractivity contribution in [3.63, 3.8) is 0 Å². The zero-order chi connectivity index (χ0) is 13.2. The van der Waals surface area contributed by atoms with Crippen molar-refractivity contribution in [1.82, 2.24) is 5.32 Å². The molecule has 0 aromatic heterocycles. The summed E-state index contributed by atoms with van der Waals surface area (Å²) in [5.74, 6) is 0. The van der Waals surface area contributed by atoms with Crippen LogP contribution >= 0.6 is 0 Å². The SMILES string of the molecule is C.C=CN.CC.O=CCC1CCCN1.O=CO. The summed E-state index contributed by atoms with van der Waals surface area (Å²) in [5.41, 5.74) is 4.61. The topological polar surface area (TPSA) is 92.4 Å². The number of nitrogens with one attached hydrogen (secondary N) is 1. The lowest BCUT2D eigenvalue weighted by atomic mass is 10.2. The Morgan fingerprint density at radius 2 is 1.88 bits per heavy atom. The van der Waals surface area contributed by atoms with E-state index in [4.69, 9.17) is 9.90 Å². The molecule has 1 aliphatic heterocycles. The molecule has 1 atom stereocenters. The average molecular weight is 248 g/mol. The summed E-state index contributed by atoms with van der Waals surface area (Å²) in [4.78, 5) is 18.3. The first-order chi connectivity index (χ1) is 7.76. The first-order valence-corrected chi connectivity index (χ1v) is 5.34. The largest absolute Gasteiger partial charge is 0.483 e. The molecule has 0 aromatic rings. The van der Waals surface area contributed by atoms with E-state index in [2.05, 4.69) is 17.6 Å². The van der Waals surface area contributed by atoms with Crippen LogP contribution in [0.25, 0.3) is 0 Å². The van der Waals surface area contributed by atoms with Gasteiger partial charge >= 0.3 is 0 Å². The molecule has 0 bridgehead atoms. The number of carbonyl (C=O) groups is 2. The summed E-state index contributed by atoms with van der Waals surface area (Å²) >= 11 is 0. The zero-order valence-electron chi connectivity index (χ0n) is 10.2. The minimum Gasteiger partial charge on any atom is -0.483 e. The minimum absolute atomic E-state index is 0. The van der Waals surface area contributed by atoms with Gasteiger partial charge < -0.3 is 21.0 Å². The number of nitrogens with two attached hydrogens (primary N) is 1. The predicted octanol–water partition coefficient (Wildman–Crippen LogP) is 1.78. The van der Waals surface area contributed by atoms with Gasteiger partial charge in [0.05, 0.1) is 0 Å². The Hall–Kier alpha value is -1.36. The van der Waals surface area contributed by atoms with Gasteiger partial charge in [0.1, 0.15) is 6.29 Å². The first-order valence-electron chi connectivity index (χ1n) is 5.34. The third-order valence-corrected chi connectivity index (χ3v) is 1.54. The number of aldehydes is 1. The van der Waals surface area contributed by atoms with E-state index in [1.807, 2.05) is 13.8 Å². The number of carbonyl (C=O) groups excluding carboxylic acids is 1. The number of carboxylic acid groups (broad SMARTS) is 1. The van der Waals surface area contributed by atoms with Crippen LogP contribution in [0.15, 0.2) is 12.8 Å². The van der Waals surface area contributed by atoms with Crippen LogP contribution in [0.1, 0.15) is 40.5 Å². The van der Waals surface area contributed by atoms with Gasteiger partial charge in [-0.05, 0) is 25.6 Å². The van der Waals surface area contributed by atoms with E-state index in [0.29, 0.717) is 12.5 Å². The molecule has 0 saturated carbocycles. The van der Waals surface area contributed by atoms with Crippen LogP contribution in [-0.4, -0.2) is 30.5 Å². The summed E-state index contributed by atoms with van der Waals surface area (Å²) in [6.45, 7) is 7.98. The molecule has 1 unspecified atom stereocenters. The van der Waals surface area contributed by atoms with Crippen LogP contribution in [0.4, 0.5) is 0 Å². The molecule has 1 aliphatic rings. The maximum atomic E-state index is 9.92. The summed E-state index contributed by atoms with van der Waals surface area (Å²) in [7, 11) is 0. The Labute approximate surface area is 105 Å². The van der Waals surface area contributed by atoms with E-state index in [1.54, 1.807) is 0 Å². The van der Waals surface area contributed by atoms with Crippen LogP contribution in [0, 0.1) is 0 Å². The predicted molar refractivity (Wildman–Crippen MR) is 72.9 cm³/mol. The Morgan fingerprint density at radius 3 is 2.12 bits per heavy atom. The molecular formula is C12H28N2O3. The smallest absolute Gasteiger partial charge is 0.290 e. The van der Waals surface area contributed by atoms with Crippen LogP contribution in [0.5, 0.6) is 0 Å². The van der Waals surface area contributed by atoms with Gasteiger partial charge in [0.15, 0.2) is 0 Å². The first kappa shape index (κ1) is 24.7. The van der Waals surface area contributed by atoms with Crippen LogP contribution < -0.4 is 11.1 Å². The van der Waals surface area contributed by atoms with E-state index in [9.17, 15) is 4.79 Å². The summed E-state index contributed by atoms with van der Waals surface area (Å²) in [6.07, 6.45) is 5.35. The van der Waals surface area contributed by atoms with Crippen LogP contribution in [-0.2, 0) is 9.59 Å². The summed E-state index contributed by atoms with van der Waals surface area (Å²) in [6, 6.07) is 0.493. The van der Waals surface area contributed by atoms with E-state index < -0.39 is 0 Å². The van der Waals surface area contributed by atoms with Crippen molar-refractivity contribution in [2.75, 3.05) is 6.54 Å². The molecule has 104 valence electrons. The Morgan fingerprint density at radius 1 is 1.47 bits per heavy atom. The molecule has 0 aliphatic carbocycles. The van der Waals surface area contributed by atoms with Crippen molar-refractivity contribution in [2.24, 2.45) is 5.73 Å². The lowest BCUT2D eigenvalue weighted by molar-refractivity contribution is -0.122. The second kappa shape index (κ2) is 29.3. The molecule has 0 spiro atoms. The molecule has 1 fully saturated rings. The molecule has 5 heteroatoms.